The standard InChI is InChI=1S/C22H17NO4/c24-22(25)20-18(13-5-2-1-3-6-13)15-7-4-10-23-21(15)19(20)14-8-9-16-17(11-14)27-12-26-16/h1-11,18-20H,12H2,(H,24,25). The Hall–Kier alpha value is -3.34. The molecular formula is C22H17NO4. The molecule has 134 valence electrons. The number of aromatic nitrogens is 1. The van der Waals surface area contributed by atoms with Gasteiger partial charge in [0, 0.05) is 18.0 Å². The monoisotopic (exact) mass is 359 g/mol. The van der Waals surface area contributed by atoms with E-state index in [9.17, 15) is 9.90 Å². The highest BCUT2D eigenvalue weighted by molar-refractivity contribution is 5.77. The normalized spacial score (nSPS) is 22.4. The lowest BCUT2D eigenvalue weighted by atomic mass is 9.80. The van der Waals surface area contributed by atoms with Crippen molar-refractivity contribution in [3.05, 3.63) is 89.2 Å². The molecule has 0 bridgehead atoms. The molecule has 5 nitrogen and oxygen atoms in total. The zero-order valence-electron chi connectivity index (χ0n) is 14.4. The summed E-state index contributed by atoms with van der Waals surface area (Å²) in [5.74, 6) is -0.731. The van der Waals surface area contributed by atoms with Crippen molar-refractivity contribution in [2.24, 2.45) is 5.92 Å². The molecular weight excluding hydrogens is 342 g/mol. The summed E-state index contributed by atoms with van der Waals surface area (Å²) in [5, 5.41) is 10.2. The fourth-order valence-electron chi connectivity index (χ4n) is 4.31. The molecule has 5 rings (SSSR count). The average molecular weight is 359 g/mol. The van der Waals surface area contributed by atoms with Crippen molar-refractivity contribution in [3.63, 3.8) is 0 Å². The first kappa shape index (κ1) is 15.9. The van der Waals surface area contributed by atoms with Crippen LogP contribution in [0.3, 0.4) is 0 Å². The van der Waals surface area contributed by atoms with E-state index in [1.165, 1.54) is 0 Å². The second-order valence-electron chi connectivity index (χ2n) is 6.82. The molecule has 0 fully saturated rings. The SMILES string of the molecule is O=C(O)C1C(c2ccccc2)c2cccnc2C1c1ccc2c(c1)OCO2. The topological polar surface area (TPSA) is 68.7 Å². The number of carbonyl (C=O) groups is 1. The maximum Gasteiger partial charge on any atom is 0.308 e. The molecule has 3 atom stereocenters. The van der Waals surface area contributed by atoms with Crippen LogP contribution in [-0.4, -0.2) is 22.9 Å². The fourth-order valence-corrected chi connectivity index (χ4v) is 4.31. The lowest BCUT2D eigenvalue weighted by Gasteiger charge is -2.22. The van der Waals surface area contributed by atoms with Crippen LogP contribution in [0.4, 0.5) is 0 Å². The second kappa shape index (κ2) is 6.13. The van der Waals surface area contributed by atoms with Crippen molar-refractivity contribution >= 4 is 5.97 Å². The largest absolute Gasteiger partial charge is 0.481 e. The summed E-state index contributed by atoms with van der Waals surface area (Å²) in [7, 11) is 0. The van der Waals surface area contributed by atoms with E-state index in [0.29, 0.717) is 11.5 Å². The molecule has 1 N–H and O–H groups in total. The van der Waals surface area contributed by atoms with Crippen molar-refractivity contribution < 1.29 is 19.4 Å². The van der Waals surface area contributed by atoms with Gasteiger partial charge in [-0.1, -0.05) is 42.5 Å². The van der Waals surface area contributed by atoms with Gasteiger partial charge in [-0.3, -0.25) is 9.78 Å². The first-order valence-corrected chi connectivity index (χ1v) is 8.86. The lowest BCUT2D eigenvalue weighted by Crippen LogP contribution is -2.24. The van der Waals surface area contributed by atoms with Gasteiger partial charge in [0.2, 0.25) is 6.79 Å². The fraction of sp³-hybridized carbons (Fsp3) is 0.182. The highest BCUT2D eigenvalue weighted by Crippen LogP contribution is 2.52. The van der Waals surface area contributed by atoms with E-state index < -0.39 is 11.9 Å². The summed E-state index contributed by atoms with van der Waals surface area (Å²) in [5.41, 5.74) is 3.66. The molecule has 1 aromatic heterocycles. The first-order valence-electron chi connectivity index (χ1n) is 8.86. The van der Waals surface area contributed by atoms with Crippen LogP contribution in [0.15, 0.2) is 66.9 Å². The van der Waals surface area contributed by atoms with Crippen molar-refractivity contribution in [2.75, 3.05) is 6.79 Å². The summed E-state index contributed by atoms with van der Waals surface area (Å²) in [6.07, 6.45) is 1.73. The van der Waals surface area contributed by atoms with E-state index in [-0.39, 0.29) is 18.6 Å². The molecule has 1 aliphatic heterocycles. The number of ether oxygens (including phenoxy) is 2. The number of nitrogens with zero attached hydrogens (tertiary/aromatic N) is 1. The van der Waals surface area contributed by atoms with Crippen molar-refractivity contribution in [2.45, 2.75) is 11.8 Å². The maximum atomic E-state index is 12.4. The summed E-state index contributed by atoms with van der Waals surface area (Å²) in [6.45, 7) is 0.188. The number of aliphatic carboxylic acids is 1. The molecule has 0 radical (unpaired) electrons. The number of hydrogen-bond acceptors (Lipinski definition) is 4. The van der Waals surface area contributed by atoms with Crippen LogP contribution in [0.1, 0.15) is 34.2 Å². The molecule has 3 aromatic rings. The first-order chi connectivity index (χ1) is 13.2. The van der Waals surface area contributed by atoms with Crippen LogP contribution in [0.5, 0.6) is 11.5 Å². The zero-order chi connectivity index (χ0) is 18.4. The Labute approximate surface area is 156 Å². The number of pyridine rings is 1. The van der Waals surface area contributed by atoms with Crippen molar-refractivity contribution in [1.82, 2.24) is 4.98 Å². The molecule has 3 unspecified atom stereocenters. The molecule has 0 spiro atoms. The minimum Gasteiger partial charge on any atom is -0.481 e. The van der Waals surface area contributed by atoms with Gasteiger partial charge in [-0.15, -0.1) is 0 Å². The maximum absolute atomic E-state index is 12.4. The van der Waals surface area contributed by atoms with Gasteiger partial charge in [0.25, 0.3) is 0 Å². The van der Waals surface area contributed by atoms with Gasteiger partial charge in [-0.2, -0.15) is 0 Å². The number of hydrogen-bond donors (Lipinski definition) is 1. The molecule has 1 aliphatic carbocycles. The number of carboxylic acids is 1. The highest BCUT2D eigenvalue weighted by atomic mass is 16.7. The molecule has 27 heavy (non-hydrogen) atoms. The Bertz CT molecular complexity index is 1020. The summed E-state index contributed by atoms with van der Waals surface area (Å²) >= 11 is 0. The molecule has 5 heteroatoms. The number of fused-ring (bicyclic) bond motifs is 2. The minimum absolute atomic E-state index is 0.188. The van der Waals surface area contributed by atoms with Gasteiger partial charge in [-0.05, 0) is 34.9 Å². The molecule has 2 heterocycles. The van der Waals surface area contributed by atoms with E-state index in [2.05, 4.69) is 4.98 Å². The summed E-state index contributed by atoms with van der Waals surface area (Å²) < 4.78 is 10.9. The zero-order valence-corrected chi connectivity index (χ0v) is 14.4. The van der Waals surface area contributed by atoms with E-state index in [1.54, 1.807) is 6.20 Å². The van der Waals surface area contributed by atoms with Gasteiger partial charge in [0.15, 0.2) is 11.5 Å². The van der Waals surface area contributed by atoms with E-state index in [4.69, 9.17) is 9.47 Å². The Morgan fingerprint density at radius 3 is 2.56 bits per heavy atom. The molecule has 0 saturated heterocycles. The summed E-state index contributed by atoms with van der Waals surface area (Å²) in [6, 6.07) is 19.3. The van der Waals surface area contributed by atoms with Gasteiger partial charge >= 0.3 is 5.97 Å². The quantitative estimate of drug-likeness (QED) is 0.771. The van der Waals surface area contributed by atoms with Crippen LogP contribution in [0.25, 0.3) is 0 Å². The Morgan fingerprint density at radius 1 is 0.926 bits per heavy atom. The third-order valence-corrected chi connectivity index (χ3v) is 5.42. The Morgan fingerprint density at radius 2 is 1.74 bits per heavy atom. The van der Waals surface area contributed by atoms with Crippen LogP contribution in [0.2, 0.25) is 0 Å². The van der Waals surface area contributed by atoms with Crippen LogP contribution >= 0.6 is 0 Å². The van der Waals surface area contributed by atoms with E-state index in [1.807, 2.05) is 60.7 Å². The molecule has 2 aromatic carbocycles. The predicted molar refractivity (Wildman–Crippen MR) is 98.1 cm³/mol. The third kappa shape index (κ3) is 2.46. The van der Waals surface area contributed by atoms with E-state index >= 15 is 0 Å². The lowest BCUT2D eigenvalue weighted by molar-refractivity contribution is -0.142. The molecule has 2 aliphatic rings. The van der Waals surface area contributed by atoms with Gasteiger partial charge < -0.3 is 14.6 Å². The number of rotatable bonds is 3. The molecule has 0 amide bonds. The third-order valence-electron chi connectivity index (χ3n) is 5.42. The average Bonchev–Trinajstić information content (AvgIpc) is 3.30. The summed E-state index contributed by atoms with van der Waals surface area (Å²) in [4.78, 5) is 17.0. The Balaban J connectivity index is 1.69. The van der Waals surface area contributed by atoms with Gasteiger partial charge in [0.1, 0.15) is 0 Å². The Kier molecular flexibility index (Phi) is 3.60. The molecule has 0 saturated carbocycles. The van der Waals surface area contributed by atoms with Crippen molar-refractivity contribution in [3.8, 4) is 11.5 Å². The second-order valence-corrected chi connectivity index (χ2v) is 6.82. The number of benzene rings is 2. The van der Waals surface area contributed by atoms with Crippen LogP contribution in [0, 0.1) is 5.92 Å². The van der Waals surface area contributed by atoms with Gasteiger partial charge in [-0.25, -0.2) is 0 Å². The predicted octanol–water partition coefficient (Wildman–Crippen LogP) is 3.79. The van der Waals surface area contributed by atoms with Gasteiger partial charge in [0.05, 0.1) is 11.6 Å². The highest BCUT2D eigenvalue weighted by Gasteiger charge is 2.47. The van der Waals surface area contributed by atoms with Crippen LogP contribution in [-0.2, 0) is 4.79 Å². The van der Waals surface area contributed by atoms with E-state index in [0.717, 1.165) is 22.4 Å². The minimum atomic E-state index is -0.829. The van der Waals surface area contributed by atoms with Crippen LogP contribution < -0.4 is 9.47 Å². The number of carboxylic acid groups (broad SMARTS) is 1. The van der Waals surface area contributed by atoms with Crippen molar-refractivity contribution in [1.29, 1.82) is 0 Å². The smallest absolute Gasteiger partial charge is 0.308 e.